The van der Waals surface area contributed by atoms with Gasteiger partial charge in [0.25, 0.3) is 0 Å². The number of rotatable bonds is 5. The average Bonchev–Trinajstić information content (AvgIpc) is 2.82. The smallest absolute Gasteiger partial charge is 0.142 e. The van der Waals surface area contributed by atoms with Crippen LogP contribution in [0.4, 0.5) is 0 Å². The quantitative estimate of drug-likeness (QED) is 0.900. The highest BCUT2D eigenvalue weighted by Crippen LogP contribution is 2.31. The molecular weight excluding hydrogens is 246 g/mol. The third-order valence-electron chi connectivity index (χ3n) is 2.75. The summed E-state index contributed by atoms with van der Waals surface area (Å²) in [6.07, 6.45) is 1.79. The highest BCUT2D eigenvalue weighted by atomic mass is 32.1. The van der Waals surface area contributed by atoms with Crippen molar-refractivity contribution >= 4 is 11.3 Å². The van der Waals surface area contributed by atoms with Crippen LogP contribution in [0.5, 0.6) is 5.75 Å². The molecule has 2 aromatic heterocycles. The summed E-state index contributed by atoms with van der Waals surface area (Å²) in [7, 11) is 1.67. The summed E-state index contributed by atoms with van der Waals surface area (Å²) < 4.78 is 5.39. The van der Waals surface area contributed by atoms with Crippen molar-refractivity contribution in [2.24, 2.45) is 0 Å². The summed E-state index contributed by atoms with van der Waals surface area (Å²) in [4.78, 5) is 9.96. The lowest BCUT2D eigenvalue weighted by Gasteiger charge is -2.18. The number of methoxy groups -OCH3 is 1. The predicted octanol–water partition coefficient (Wildman–Crippen LogP) is 2.55. The van der Waals surface area contributed by atoms with Gasteiger partial charge < -0.3 is 10.1 Å². The molecule has 0 aliphatic rings. The summed E-state index contributed by atoms with van der Waals surface area (Å²) in [5.74, 6) is 0.802. The zero-order valence-electron chi connectivity index (χ0n) is 10.8. The molecular formula is C13H17N3OS. The van der Waals surface area contributed by atoms with E-state index in [-0.39, 0.29) is 6.04 Å². The van der Waals surface area contributed by atoms with Crippen LogP contribution in [0.15, 0.2) is 23.8 Å². The molecule has 0 spiro atoms. The second-order valence-corrected chi connectivity index (χ2v) is 4.77. The minimum absolute atomic E-state index is 0.0404. The van der Waals surface area contributed by atoms with Crippen molar-refractivity contribution in [3.63, 3.8) is 0 Å². The topological polar surface area (TPSA) is 47.0 Å². The summed E-state index contributed by atoms with van der Waals surface area (Å²) in [6, 6.07) is 3.85. The van der Waals surface area contributed by atoms with Crippen LogP contribution in [0, 0.1) is 6.92 Å². The third kappa shape index (κ3) is 2.52. The van der Waals surface area contributed by atoms with E-state index in [1.54, 1.807) is 24.6 Å². The lowest BCUT2D eigenvalue weighted by atomic mass is 10.1. The second kappa shape index (κ2) is 5.93. The molecule has 0 saturated carbocycles. The van der Waals surface area contributed by atoms with Crippen LogP contribution in [-0.2, 0) is 0 Å². The molecule has 2 heterocycles. The van der Waals surface area contributed by atoms with Gasteiger partial charge in [-0.2, -0.15) is 0 Å². The number of pyridine rings is 1. The zero-order valence-corrected chi connectivity index (χ0v) is 11.6. The Morgan fingerprint density at radius 2 is 2.28 bits per heavy atom. The molecule has 0 aromatic carbocycles. The van der Waals surface area contributed by atoms with Crippen molar-refractivity contribution in [2.45, 2.75) is 19.9 Å². The summed E-state index contributed by atoms with van der Waals surface area (Å²) in [5, 5.41) is 3.44. The van der Waals surface area contributed by atoms with Gasteiger partial charge in [0, 0.05) is 6.20 Å². The highest BCUT2D eigenvalue weighted by molar-refractivity contribution is 7.09. The maximum Gasteiger partial charge on any atom is 0.142 e. The molecule has 4 nitrogen and oxygen atoms in total. The van der Waals surface area contributed by atoms with Gasteiger partial charge in [-0.15, -0.1) is 11.3 Å². The third-order valence-corrected chi connectivity index (χ3v) is 3.74. The van der Waals surface area contributed by atoms with E-state index in [0.29, 0.717) is 0 Å². The molecule has 2 rings (SSSR count). The average molecular weight is 263 g/mol. The van der Waals surface area contributed by atoms with Gasteiger partial charge in [-0.25, -0.2) is 4.98 Å². The Labute approximate surface area is 111 Å². The first-order valence-corrected chi connectivity index (χ1v) is 6.78. The van der Waals surface area contributed by atoms with E-state index < -0.39 is 0 Å². The van der Waals surface area contributed by atoms with Crippen LogP contribution in [0.2, 0.25) is 0 Å². The Morgan fingerprint density at radius 3 is 2.89 bits per heavy atom. The van der Waals surface area contributed by atoms with Crippen molar-refractivity contribution in [3.8, 4) is 5.75 Å². The molecule has 0 aliphatic heterocycles. The first kappa shape index (κ1) is 13.0. The molecule has 0 aliphatic carbocycles. The van der Waals surface area contributed by atoms with Crippen LogP contribution in [0.3, 0.4) is 0 Å². The normalized spacial score (nSPS) is 12.4. The van der Waals surface area contributed by atoms with Gasteiger partial charge in [-0.3, -0.25) is 4.98 Å². The van der Waals surface area contributed by atoms with Crippen molar-refractivity contribution < 1.29 is 4.74 Å². The van der Waals surface area contributed by atoms with E-state index in [1.165, 1.54) is 4.88 Å². The number of nitrogens with zero attached hydrogens (tertiary/aromatic N) is 2. The summed E-state index contributed by atoms with van der Waals surface area (Å²) in [6.45, 7) is 4.96. The lowest BCUT2D eigenvalue weighted by Crippen LogP contribution is -2.23. The Hall–Kier alpha value is -1.46. The molecule has 5 heteroatoms. The Morgan fingerprint density at radius 1 is 1.44 bits per heavy atom. The molecule has 0 radical (unpaired) electrons. The number of nitrogens with one attached hydrogen (secondary N) is 1. The predicted molar refractivity (Wildman–Crippen MR) is 73.2 cm³/mol. The van der Waals surface area contributed by atoms with Gasteiger partial charge in [0.1, 0.15) is 11.4 Å². The highest BCUT2D eigenvalue weighted by Gasteiger charge is 2.21. The number of hydrogen-bond donors (Lipinski definition) is 1. The number of hydrogen-bond acceptors (Lipinski definition) is 5. The first-order chi connectivity index (χ1) is 8.77. The molecule has 1 atom stereocenters. The fourth-order valence-corrected chi connectivity index (χ4v) is 2.78. The number of ether oxygens (including phenoxy) is 1. The molecule has 1 unspecified atom stereocenters. The monoisotopic (exact) mass is 263 g/mol. The van der Waals surface area contributed by atoms with Crippen LogP contribution < -0.4 is 10.1 Å². The van der Waals surface area contributed by atoms with E-state index in [2.05, 4.69) is 22.2 Å². The van der Waals surface area contributed by atoms with E-state index in [0.717, 1.165) is 23.7 Å². The van der Waals surface area contributed by atoms with Gasteiger partial charge in [0.15, 0.2) is 0 Å². The number of aromatic nitrogens is 2. The van der Waals surface area contributed by atoms with Crippen LogP contribution >= 0.6 is 11.3 Å². The fraction of sp³-hybridized carbons (Fsp3) is 0.385. The van der Waals surface area contributed by atoms with Crippen molar-refractivity contribution in [1.29, 1.82) is 0 Å². The second-order valence-electron chi connectivity index (χ2n) is 3.88. The molecule has 0 amide bonds. The SMILES string of the molecule is CCNC(c1ncccc1OC)c1scnc1C. The Bertz CT molecular complexity index is 512. The van der Waals surface area contributed by atoms with Gasteiger partial charge in [0.05, 0.1) is 29.2 Å². The van der Waals surface area contributed by atoms with E-state index in [1.807, 2.05) is 24.6 Å². The summed E-state index contributed by atoms with van der Waals surface area (Å²) >= 11 is 1.64. The van der Waals surface area contributed by atoms with Crippen molar-refractivity contribution in [2.75, 3.05) is 13.7 Å². The molecule has 1 N–H and O–H groups in total. The molecule has 18 heavy (non-hydrogen) atoms. The Balaban J connectivity index is 2.45. The standard InChI is InChI=1S/C13H17N3OS/c1-4-14-12(13-9(2)16-8-18-13)11-10(17-3)6-5-7-15-11/h5-8,12,14H,4H2,1-3H3. The zero-order chi connectivity index (χ0) is 13.0. The summed E-state index contributed by atoms with van der Waals surface area (Å²) in [5.41, 5.74) is 3.82. The lowest BCUT2D eigenvalue weighted by molar-refractivity contribution is 0.400. The van der Waals surface area contributed by atoms with Gasteiger partial charge in [-0.05, 0) is 25.6 Å². The van der Waals surface area contributed by atoms with E-state index >= 15 is 0 Å². The van der Waals surface area contributed by atoms with Crippen LogP contribution in [0.25, 0.3) is 0 Å². The van der Waals surface area contributed by atoms with E-state index in [9.17, 15) is 0 Å². The minimum atomic E-state index is 0.0404. The van der Waals surface area contributed by atoms with Gasteiger partial charge >= 0.3 is 0 Å². The molecule has 96 valence electrons. The van der Waals surface area contributed by atoms with Gasteiger partial charge in [0.2, 0.25) is 0 Å². The van der Waals surface area contributed by atoms with Crippen molar-refractivity contribution in [3.05, 3.63) is 40.1 Å². The number of aryl methyl sites for hydroxylation is 1. The molecule has 0 saturated heterocycles. The molecule has 0 bridgehead atoms. The van der Waals surface area contributed by atoms with E-state index in [4.69, 9.17) is 4.74 Å². The fourth-order valence-electron chi connectivity index (χ4n) is 1.90. The Kier molecular flexibility index (Phi) is 4.28. The van der Waals surface area contributed by atoms with Gasteiger partial charge in [-0.1, -0.05) is 6.92 Å². The molecule has 2 aromatic rings. The largest absolute Gasteiger partial charge is 0.495 e. The van der Waals surface area contributed by atoms with Crippen LogP contribution in [0.1, 0.15) is 29.2 Å². The molecule has 0 fully saturated rings. The van der Waals surface area contributed by atoms with Crippen molar-refractivity contribution in [1.82, 2.24) is 15.3 Å². The van der Waals surface area contributed by atoms with Crippen LogP contribution in [-0.4, -0.2) is 23.6 Å². The number of thiazole rings is 1. The minimum Gasteiger partial charge on any atom is -0.495 e. The maximum absolute atomic E-state index is 5.39. The maximum atomic E-state index is 5.39. The first-order valence-electron chi connectivity index (χ1n) is 5.90.